The Balaban J connectivity index is 1.94. The third kappa shape index (κ3) is 2.97. The van der Waals surface area contributed by atoms with Crippen LogP contribution in [0.1, 0.15) is 51.9 Å². The highest BCUT2D eigenvalue weighted by molar-refractivity contribution is 5.85. The fourth-order valence-corrected chi connectivity index (χ4v) is 3.18. The molecule has 1 N–H and O–H groups in total. The quantitative estimate of drug-likeness (QED) is 0.857. The van der Waals surface area contributed by atoms with Gasteiger partial charge in [-0.2, -0.15) is 0 Å². The third-order valence-corrected chi connectivity index (χ3v) is 5.14. The first kappa shape index (κ1) is 15.3. The first-order valence-corrected chi connectivity index (χ1v) is 7.47. The van der Waals surface area contributed by atoms with Crippen LogP contribution in [0.2, 0.25) is 0 Å². The average molecular weight is 283 g/mol. The molecule has 0 aromatic heterocycles. The lowest BCUT2D eigenvalue weighted by atomic mass is 9.66. The lowest BCUT2D eigenvalue weighted by Gasteiger charge is -2.38. The third-order valence-electron chi connectivity index (χ3n) is 5.14. The zero-order valence-electron chi connectivity index (χ0n) is 12.5. The van der Waals surface area contributed by atoms with Crippen molar-refractivity contribution in [3.8, 4) is 0 Å². The molecule has 0 bridgehead atoms. The highest BCUT2D eigenvalue weighted by Crippen LogP contribution is 2.44. The van der Waals surface area contributed by atoms with Crippen molar-refractivity contribution < 1.29 is 19.4 Å². The number of carboxylic acids is 1. The average Bonchev–Trinajstić information content (AvgIpc) is 2.56. The molecule has 5 heteroatoms. The molecule has 1 saturated carbocycles. The molecule has 1 atom stereocenters. The van der Waals surface area contributed by atoms with Crippen LogP contribution in [0.25, 0.3) is 0 Å². The van der Waals surface area contributed by atoms with Gasteiger partial charge in [0.15, 0.2) is 0 Å². The smallest absolute Gasteiger partial charge is 0.310 e. The fraction of sp³-hybridized carbons (Fsp3) is 0.867. The maximum absolute atomic E-state index is 12.4. The van der Waals surface area contributed by atoms with E-state index in [9.17, 15) is 14.7 Å². The largest absolute Gasteiger partial charge is 0.481 e. The molecule has 0 aromatic carbocycles. The Morgan fingerprint density at radius 3 is 2.35 bits per heavy atom. The highest BCUT2D eigenvalue weighted by atomic mass is 16.5. The number of rotatable bonds is 4. The number of ether oxygens (including phenoxy) is 1. The summed E-state index contributed by atoms with van der Waals surface area (Å²) in [6.45, 7) is 3.46. The van der Waals surface area contributed by atoms with E-state index in [2.05, 4.69) is 6.92 Å². The summed E-state index contributed by atoms with van der Waals surface area (Å²) >= 11 is 0. The number of carbonyl (C=O) groups excluding carboxylic acids is 1. The van der Waals surface area contributed by atoms with Gasteiger partial charge in [0.05, 0.1) is 11.0 Å². The van der Waals surface area contributed by atoms with Crippen molar-refractivity contribution in [2.45, 2.75) is 57.5 Å². The van der Waals surface area contributed by atoms with Crippen molar-refractivity contribution in [3.63, 3.8) is 0 Å². The minimum atomic E-state index is -0.811. The minimum Gasteiger partial charge on any atom is -0.481 e. The Labute approximate surface area is 120 Å². The standard InChI is InChI=1S/C15H25NO4/c1-14(20-2)5-4-9-16(10-8-14)12(17)11-15(13(18)19)6-3-7-15/h3-11H2,1-2H3,(H,18,19). The van der Waals surface area contributed by atoms with Crippen molar-refractivity contribution in [2.75, 3.05) is 20.2 Å². The van der Waals surface area contributed by atoms with E-state index in [0.717, 1.165) is 25.7 Å². The Bertz CT molecular complexity index is 391. The zero-order valence-corrected chi connectivity index (χ0v) is 12.5. The van der Waals surface area contributed by atoms with E-state index in [0.29, 0.717) is 25.9 Å². The summed E-state index contributed by atoms with van der Waals surface area (Å²) in [4.78, 5) is 25.6. The van der Waals surface area contributed by atoms with E-state index >= 15 is 0 Å². The lowest BCUT2D eigenvalue weighted by Crippen LogP contribution is -2.44. The molecular weight excluding hydrogens is 258 g/mol. The van der Waals surface area contributed by atoms with Crippen LogP contribution in [0.3, 0.4) is 0 Å². The molecule has 1 amide bonds. The van der Waals surface area contributed by atoms with Gasteiger partial charge in [-0.1, -0.05) is 6.42 Å². The van der Waals surface area contributed by atoms with Crippen molar-refractivity contribution in [2.24, 2.45) is 5.41 Å². The molecule has 0 aromatic rings. The van der Waals surface area contributed by atoms with Crippen LogP contribution in [0.5, 0.6) is 0 Å². The van der Waals surface area contributed by atoms with Gasteiger partial charge in [-0.15, -0.1) is 0 Å². The van der Waals surface area contributed by atoms with Gasteiger partial charge in [-0.25, -0.2) is 0 Å². The first-order valence-electron chi connectivity index (χ1n) is 7.47. The van der Waals surface area contributed by atoms with E-state index in [1.54, 1.807) is 7.11 Å². The molecule has 1 aliphatic carbocycles. The van der Waals surface area contributed by atoms with Crippen LogP contribution in [0.15, 0.2) is 0 Å². The van der Waals surface area contributed by atoms with E-state index in [-0.39, 0.29) is 17.9 Å². The summed E-state index contributed by atoms with van der Waals surface area (Å²) < 4.78 is 5.53. The second-order valence-corrected chi connectivity index (χ2v) is 6.50. The molecule has 5 nitrogen and oxygen atoms in total. The molecule has 2 rings (SSSR count). The number of nitrogens with zero attached hydrogens (tertiary/aromatic N) is 1. The summed E-state index contributed by atoms with van der Waals surface area (Å²) in [5, 5.41) is 9.32. The zero-order chi connectivity index (χ0) is 14.8. The number of amides is 1. The predicted molar refractivity (Wildman–Crippen MR) is 74.4 cm³/mol. The van der Waals surface area contributed by atoms with Gasteiger partial charge in [-0.05, 0) is 39.0 Å². The van der Waals surface area contributed by atoms with E-state index in [4.69, 9.17) is 4.74 Å². The van der Waals surface area contributed by atoms with Gasteiger partial charge in [0, 0.05) is 26.6 Å². The summed E-state index contributed by atoms with van der Waals surface area (Å²) in [5.74, 6) is -0.818. The highest BCUT2D eigenvalue weighted by Gasteiger charge is 2.46. The molecule has 1 unspecified atom stereocenters. The molecule has 1 saturated heterocycles. The molecule has 114 valence electrons. The summed E-state index contributed by atoms with van der Waals surface area (Å²) in [5.41, 5.74) is -0.941. The topological polar surface area (TPSA) is 66.8 Å². The number of carbonyl (C=O) groups is 2. The van der Waals surface area contributed by atoms with Gasteiger partial charge in [0.25, 0.3) is 0 Å². The Hall–Kier alpha value is -1.10. The van der Waals surface area contributed by atoms with E-state index < -0.39 is 11.4 Å². The number of likely N-dealkylation sites (tertiary alicyclic amines) is 1. The Morgan fingerprint density at radius 1 is 1.15 bits per heavy atom. The van der Waals surface area contributed by atoms with Crippen LogP contribution < -0.4 is 0 Å². The number of carboxylic acid groups (broad SMARTS) is 1. The molecule has 0 spiro atoms. The molecular formula is C15H25NO4. The van der Waals surface area contributed by atoms with Crippen LogP contribution in [0.4, 0.5) is 0 Å². The molecule has 1 aliphatic heterocycles. The van der Waals surface area contributed by atoms with Crippen molar-refractivity contribution >= 4 is 11.9 Å². The number of hydrogen-bond acceptors (Lipinski definition) is 3. The van der Waals surface area contributed by atoms with Crippen molar-refractivity contribution in [1.82, 2.24) is 4.90 Å². The van der Waals surface area contributed by atoms with Gasteiger partial charge in [0.2, 0.25) is 5.91 Å². The van der Waals surface area contributed by atoms with Gasteiger partial charge >= 0.3 is 5.97 Å². The number of aliphatic carboxylic acids is 1. The van der Waals surface area contributed by atoms with Gasteiger partial charge in [-0.3, -0.25) is 9.59 Å². The second-order valence-electron chi connectivity index (χ2n) is 6.50. The van der Waals surface area contributed by atoms with E-state index in [1.165, 1.54) is 0 Å². The molecule has 2 fully saturated rings. The summed E-state index contributed by atoms with van der Waals surface area (Å²) in [6, 6.07) is 0. The Kier molecular flexibility index (Phi) is 4.37. The summed E-state index contributed by atoms with van der Waals surface area (Å²) in [6.07, 6.45) is 5.02. The molecule has 20 heavy (non-hydrogen) atoms. The minimum absolute atomic E-state index is 0.00699. The predicted octanol–water partition coefficient (Wildman–Crippen LogP) is 2.05. The SMILES string of the molecule is COC1(C)CCCN(C(=O)CC2(C(=O)O)CCC2)CC1. The molecule has 1 heterocycles. The monoisotopic (exact) mass is 283 g/mol. The molecule has 2 aliphatic rings. The van der Waals surface area contributed by atoms with Gasteiger partial charge < -0.3 is 14.7 Å². The van der Waals surface area contributed by atoms with Crippen LogP contribution in [0, 0.1) is 5.41 Å². The molecule has 0 radical (unpaired) electrons. The van der Waals surface area contributed by atoms with E-state index in [1.807, 2.05) is 4.90 Å². The number of hydrogen-bond donors (Lipinski definition) is 1. The van der Waals surface area contributed by atoms with Crippen molar-refractivity contribution in [3.05, 3.63) is 0 Å². The number of methoxy groups -OCH3 is 1. The van der Waals surface area contributed by atoms with Crippen molar-refractivity contribution in [1.29, 1.82) is 0 Å². The summed E-state index contributed by atoms with van der Waals surface area (Å²) in [7, 11) is 1.71. The van der Waals surface area contributed by atoms with Crippen LogP contribution in [-0.2, 0) is 14.3 Å². The lowest BCUT2D eigenvalue weighted by molar-refractivity contribution is -0.159. The normalized spacial score (nSPS) is 29.4. The van der Waals surface area contributed by atoms with Gasteiger partial charge in [0.1, 0.15) is 0 Å². The maximum Gasteiger partial charge on any atom is 0.310 e. The first-order chi connectivity index (χ1) is 9.41. The second kappa shape index (κ2) is 5.72. The fourth-order valence-electron chi connectivity index (χ4n) is 3.18. The maximum atomic E-state index is 12.4. The van der Waals surface area contributed by atoms with Crippen LogP contribution in [-0.4, -0.2) is 47.7 Å². The Morgan fingerprint density at radius 2 is 1.85 bits per heavy atom. The van der Waals surface area contributed by atoms with Crippen LogP contribution >= 0.6 is 0 Å².